The number of fused-ring (bicyclic) bond motifs is 5. The van der Waals surface area contributed by atoms with Gasteiger partial charge in [0.05, 0.1) is 0 Å². The summed E-state index contributed by atoms with van der Waals surface area (Å²) in [5, 5.41) is 7.60. The van der Waals surface area contributed by atoms with Gasteiger partial charge in [-0.1, -0.05) is 206 Å². The van der Waals surface area contributed by atoms with Crippen LogP contribution >= 0.6 is 0 Å². The van der Waals surface area contributed by atoms with Gasteiger partial charge in [0.2, 0.25) is 0 Å². The monoisotopic (exact) mass is 684 g/mol. The Hall–Kier alpha value is -7.02. The molecule has 10 aromatic carbocycles. The maximum absolute atomic E-state index is 2.42. The van der Waals surface area contributed by atoms with Crippen LogP contribution in [0.15, 0.2) is 218 Å². The highest BCUT2D eigenvalue weighted by molar-refractivity contribution is 6.23. The molecule has 0 heteroatoms. The molecule has 0 radical (unpaired) electrons. The first-order valence-corrected chi connectivity index (χ1v) is 18.7. The van der Waals surface area contributed by atoms with E-state index in [1.54, 1.807) is 0 Å². The van der Waals surface area contributed by atoms with E-state index in [1.807, 2.05) is 0 Å². The van der Waals surface area contributed by atoms with Gasteiger partial charge in [0.25, 0.3) is 0 Å². The highest BCUT2D eigenvalue weighted by Gasteiger charge is 2.16. The highest BCUT2D eigenvalue weighted by Crippen LogP contribution is 2.43. The molecule has 0 aliphatic heterocycles. The minimum Gasteiger partial charge on any atom is -0.0622 e. The van der Waals surface area contributed by atoms with Gasteiger partial charge in [-0.05, 0) is 111 Å². The molecular weight excluding hydrogens is 649 g/mol. The maximum atomic E-state index is 2.42. The van der Waals surface area contributed by atoms with Gasteiger partial charge in [-0.25, -0.2) is 0 Å². The zero-order chi connectivity index (χ0) is 35.8. The van der Waals surface area contributed by atoms with Crippen molar-refractivity contribution in [1.29, 1.82) is 0 Å². The average molecular weight is 685 g/mol. The zero-order valence-corrected chi connectivity index (χ0v) is 29.8. The summed E-state index contributed by atoms with van der Waals surface area (Å²) >= 11 is 0. The molecule has 54 heavy (non-hydrogen) atoms. The topological polar surface area (TPSA) is 0 Å². The van der Waals surface area contributed by atoms with Gasteiger partial charge in [-0.3, -0.25) is 0 Å². The molecule has 0 unspecified atom stereocenters. The minimum atomic E-state index is 1.22. The second-order valence-electron chi connectivity index (χ2n) is 14.0. The van der Waals surface area contributed by atoms with E-state index in [0.29, 0.717) is 0 Å². The van der Waals surface area contributed by atoms with Crippen molar-refractivity contribution in [3.8, 4) is 66.8 Å². The van der Waals surface area contributed by atoms with Crippen molar-refractivity contribution in [3.05, 3.63) is 218 Å². The molecule has 0 heterocycles. The van der Waals surface area contributed by atoms with E-state index in [0.717, 1.165) is 0 Å². The van der Waals surface area contributed by atoms with Crippen LogP contribution in [0.3, 0.4) is 0 Å². The van der Waals surface area contributed by atoms with Gasteiger partial charge in [0.15, 0.2) is 0 Å². The van der Waals surface area contributed by atoms with Crippen molar-refractivity contribution in [2.24, 2.45) is 0 Å². The summed E-state index contributed by atoms with van der Waals surface area (Å²) in [4.78, 5) is 0. The second kappa shape index (κ2) is 13.5. The zero-order valence-electron chi connectivity index (χ0n) is 29.8. The molecule has 0 aromatic heterocycles. The predicted molar refractivity (Wildman–Crippen MR) is 232 cm³/mol. The van der Waals surface area contributed by atoms with E-state index in [4.69, 9.17) is 0 Å². The van der Waals surface area contributed by atoms with Crippen LogP contribution in [0.4, 0.5) is 0 Å². The van der Waals surface area contributed by atoms with E-state index in [9.17, 15) is 0 Å². The third kappa shape index (κ3) is 5.57. The first-order valence-electron chi connectivity index (χ1n) is 18.7. The van der Waals surface area contributed by atoms with E-state index in [-0.39, 0.29) is 0 Å². The Bertz CT molecular complexity index is 2730. The van der Waals surface area contributed by atoms with Crippen molar-refractivity contribution < 1.29 is 0 Å². The molecule has 0 nitrogen and oxygen atoms in total. The van der Waals surface area contributed by atoms with Gasteiger partial charge < -0.3 is 0 Å². The number of hydrogen-bond acceptors (Lipinski definition) is 0. The molecule has 0 aliphatic rings. The van der Waals surface area contributed by atoms with Crippen molar-refractivity contribution in [1.82, 2.24) is 0 Å². The van der Waals surface area contributed by atoms with Crippen molar-refractivity contribution in [2.75, 3.05) is 0 Å². The first kappa shape index (κ1) is 31.7. The third-order valence-electron chi connectivity index (χ3n) is 10.9. The quantitative estimate of drug-likeness (QED) is 0.153. The van der Waals surface area contributed by atoms with Gasteiger partial charge in [0.1, 0.15) is 0 Å². The van der Waals surface area contributed by atoms with E-state index in [2.05, 4.69) is 218 Å². The molecule has 0 atom stereocenters. The molecule has 0 saturated heterocycles. The molecule has 0 fully saturated rings. The molecule has 0 N–H and O–H groups in total. The lowest BCUT2D eigenvalue weighted by Gasteiger charge is -2.17. The highest BCUT2D eigenvalue weighted by atomic mass is 14.2. The Morgan fingerprint density at radius 1 is 0.148 bits per heavy atom. The van der Waals surface area contributed by atoms with Crippen molar-refractivity contribution in [3.63, 3.8) is 0 Å². The molecular formula is C54H36. The number of benzene rings is 10. The SMILES string of the molecule is c1ccc(-c2ccccc2-c2ccc(-c3cc4c5ccccc5c(-c5ccc(-c6ccccc6-c6ccccc6)cc5)cc4c4ccccc34)cc2)cc1. The molecule has 10 aromatic rings. The Labute approximate surface area is 316 Å². The number of hydrogen-bond donors (Lipinski definition) is 0. The molecule has 0 bridgehead atoms. The van der Waals surface area contributed by atoms with E-state index < -0.39 is 0 Å². The van der Waals surface area contributed by atoms with Crippen LogP contribution in [0.5, 0.6) is 0 Å². The summed E-state index contributed by atoms with van der Waals surface area (Å²) in [6.07, 6.45) is 0. The van der Waals surface area contributed by atoms with Crippen LogP contribution in [-0.4, -0.2) is 0 Å². The summed E-state index contributed by atoms with van der Waals surface area (Å²) in [5.41, 5.74) is 14.8. The maximum Gasteiger partial charge on any atom is -0.00923 e. The molecule has 252 valence electrons. The third-order valence-corrected chi connectivity index (χ3v) is 10.9. The Morgan fingerprint density at radius 2 is 0.389 bits per heavy atom. The van der Waals surface area contributed by atoms with Crippen LogP contribution < -0.4 is 0 Å². The van der Waals surface area contributed by atoms with Gasteiger partial charge in [0, 0.05) is 0 Å². The fraction of sp³-hybridized carbons (Fsp3) is 0. The molecule has 0 amide bonds. The van der Waals surface area contributed by atoms with Crippen LogP contribution in [0.2, 0.25) is 0 Å². The van der Waals surface area contributed by atoms with Crippen molar-refractivity contribution >= 4 is 32.3 Å². The molecule has 0 saturated carbocycles. The normalized spacial score (nSPS) is 11.3. The lowest BCUT2D eigenvalue weighted by molar-refractivity contribution is 1.58. The van der Waals surface area contributed by atoms with Crippen LogP contribution in [0, 0.1) is 0 Å². The van der Waals surface area contributed by atoms with Gasteiger partial charge >= 0.3 is 0 Å². The molecule has 10 rings (SSSR count). The predicted octanol–water partition coefficient (Wildman–Crippen LogP) is 15.1. The summed E-state index contributed by atoms with van der Waals surface area (Å²) in [6, 6.07) is 79.6. The second-order valence-corrected chi connectivity index (χ2v) is 14.0. The lowest BCUT2D eigenvalue weighted by atomic mass is 9.87. The summed E-state index contributed by atoms with van der Waals surface area (Å²) in [6.45, 7) is 0. The van der Waals surface area contributed by atoms with E-state index >= 15 is 0 Å². The minimum absolute atomic E-state index is 1.22. The lowest BCUT2D eigenvalue weighted by Crippen LogP contribution is -1.90. The Morgan fingerprint density at radius 3 is 0.722 bits per heavy atom. The van der Waals surface area contributed by atoms with Crippen molar-refractivity contribution in [2.45, 2.75) is 0 Å². The average Bonchev–Trinajstić information content (AvgIpc) is 3.26. The first-order chi connectivity index (χ1) is 26.8. The fourth-order valence-corrected chi connectivity index (χ4v) is 8.30. The summed E-state index contributed by atoms with van der Waals surface area (Å²) in [7, 11) is 0. The van der Waals surface area contributed by atoms with Crippen LogP contribution in [-0.2, 0) is 0 Å². The van der Waals surface area contributed by atoms with E-state index in [1.165, 1.54) is 99.1 Å². The standard InChI is InChI=1S/C54H36/c1-3-15-37(16-4-1)43-19-7-9-21-45(43)39-27-31-41(32-28-39)51-35-53-50-26-14-12-24-48(50)52(36-54(53)49-25-13-11-23-47(49)51)42-33-29-40(30-34-42)46-22-10-8-20-44(46)38-17-5-2-6-18-38/h1-36H. The molecule has 0 spiro atoms. The fourth-order valence-electron chi connectivity index (χ4n) is 8.30. The van der Waals surface area contributed by atoms with Gasteiger partial charge in [-0.15, -0.1) is 0 Å². The molecule has 0 aliphatic carbocycles. The number of rotatable bonds is 6. The summed E-state index contributed by atoms with van der Waals surface area (Å²) < 4.78 is 0. The Kier molecular flexibility index (Phi) is 7.93. The van der Waals surface area contributed by atoms with Gasteiger partial charge in [-0.2, -0.15) is 0 Å². The van der Waals surface area contributed by atoms with Crippen LogP contribution in [0.1, 0.15) is 0 Å². The Balaban J connectivity index is 1.09. The van der Waals surface area contributed by atoms with Crippen LogP contribution in [0.25, 0.3) is 99.1 Å². The summed E-state index contributed by atoms with van der Waals surface area (Å²) in [5.74, 6) is 0. The largest absolute Gasteiger partial charge is 0.0622 e. The smallest absolute Gasteiger partial charge is 0.00923 e.